The summed E-state index contributed by atoms with van der Waals surface area (Å²) in [4.78, 5) is 54.6. The van der Waals surface area contributed by atoms with Gasteiger partial charge in [0.15, 0.2) is 18.7 Å². The number of carbonyl (C=O) groups excluding carboxylic acids is 3. The van der Waals surface area contributed by atoms with Crippen molar-refractivity contribution in [2.45, 2.75) is 82.9 Å². The highest BCUT2D eigenvalue weighted by Gasteiger charge is 2.48. The van der Waals surface area contributed by atoms with Crippen LogP contribution in [0.4, 0.5) is 0 Å². The van der Waals surface area contributed by atoms with E-state index in [0.717, 1.165) is 24.5 Å². The lowest BCUT2D eigenvalue weighted by molar-refractivity contribution is -0.301. The first kappa shape index (κ1) is 49.2. The molecule has 59 heavy (non-hydrogen) atoms. The van der Waals surface area contributed by atoms with Crippen LogP contribution in [0.3, 0.4) is 0 Å². The Bertz CT molecular complexity index is 1690. The third-order valence-corrected chi connectivity index (χ3v) is 9.20. The average Bonchev–Trinajstić information content (AvgIpc) is 3.20. The standard InChI is InChI=1S/C38H56N3O17P/c1-24(44)33(47)38(54-20-17-42)58-35-30(22-43)57-37(32(34(35)48)41-25(2)45)53-18-8-16-39-31(46)23-55-29-13-11-26(12-14-29)27-9-7-10-28(21-27)36(49)40-15-5-3-4-6-19-56-59(50,51)52/h7,9-14,21,30,32,34-35,37-38,42-44,47-48H,3-6,8,15-20,22-23H2,1-2H3,(H,39,46)(H,40,49)(H,41,45)(H2,50,51,52)/b33-24+. The molecule has 0 saturated carbocycles. The van der Waals surface area contributed by atoms with Gasteiger partial charge in [0.2, 0.25) is 12.2 Å². The number of phosphoric acid groups is 1. The van der Waals surface area contributed by atoms with E-state index in [2.05, 4.69) is 20.5 Å². The highest BCUT2D eigenvalue weighted by atomic mass is 31.2. The van der Waals surface area contributed by atoms with Crippen molar-refractivity contribution in [2.24, 2.45) is 0 Å². The molecule has 21 heteroatoms. The largest absolute Gasteiger partial charge is 0.509 e. The van der Waals surface area contributed by atoms with E-state index in [-0.39, 0.29) is 45.3 Å². The van der Waals surface area contributed by atoms with E-state index in [9.17, 15) is 39.4 Å². The number of hydrogen-bond donors (Lipinski definition) is 10. The number of aliphatic hydroxyl groups excluding tert-OH is 5. The Kier molecular flexibility index (Phi) is 21.2. The van der Waals surface area contributed by atoms with Crippen molar-refractivity contribution in [1.29, 1.82) is 0 Å². The number of allylic oxidation sites excluding steroid dienone is 1. The zero-order valence-corrected chi connectivity index (χ0v) is 33.8. The van der Waals surface area contributed by atoms with Gasteiger partial charge in [0.25, 0.3) is 11.8 Å². The van der Waals surface area contributed by atoms with Crippen LogP contribution in [0.25, 0.3) is 11.1 Å². The summed E-state index contributed by atoms with van der Waals surface area (Å²) in [6.07, 6.45) is -4.12. The smallest absolute Gasteiger partial charge is 0.469 e. The lowest BCUT2D eigenvalue weighted by atomic mass is 9.96. The van der Waals surface area contributed by atoms with Crippen molar-refractivity contribution in [3.8, 4) is 16.9 Å². The number of aliphatic hydroxyl groups is 5. The predicted octanol–water partition coefficient (Wildman–Crippen LogP) is 1.31. The maximum Gasteiger partial charge on any atom is 0.469 e. The van der Waals surface area contributed by atoms with Crippen molar-refractivity contribution >= 4 is 25.5 Å². The monoisotopic (exact) mass is 857 g/mol. The van der Waals surface area contributed by atoms with Gasteiger partial charge in [0.1, 0.15) is 35.9 Å². The molecule has 10 N–H and O–H groups in total. The molecule has 1 heterocycles. The molecule has 3 amide bonds. The minimum absolute atomic E-state index is 0.0000901. The number of hydrogen-bond acceptors (Lipinski definition) is 15. The van der Waals surface area contributed by atoms with Crippen LogP contribution in [0.1, 0.15) is 56.3 Å². The molecular formula is C38H56N3O17P. The molecule has 0 spiro atoms. The number of nitrogens with one attached hydrogen (secondary N) is 3. The number of amides is 3. The van der Waals surface area contributed by atoms with Gasteiger partial charge >= 0.3 is 7.82 Å². The van der Waals surface area contributed by atoms with Gasteiger partial charge in [0, 0.05) is 25.6 Å². The maximum atomic E-state index is 12.7. The van der Waals surface area contributed by atoms with E-state index < -0.39 is 81.3 Å². The molecule has 1 aliphatic rings. The zero-order valence-electron chi connectivity index (χ0n) is 32.9. The van der Waals surface area contributed by atoms with Crippen LogP contribution in [0, 0.1) is 0 Å². The normalized spacial score (nSPS) is 20.3. The number of unbranched alkanes of at least 4 members (excludes halogenated alkanes) is 3. The Balaban J connectivity index is 1.42. The Morgan fingerprint density at radius 3 is 2.25 bits per heavy atom. The average molecular weight is 858 g/mol. The maximum absolute atomic E-state index is 12.7. The Morgan fingerprint density at radius 2 is 1.59 bits per heavy atom. The van der Waals surface area contributed by atoms with Gasteiger partial charge in [0.05, 0.1) is 33.0 Å². The predicted molar refractivity (Wildman–Crippen MR) is 209 cm³/mol. The van der Waals surface area contributed by atoms with Gasteiger partial charge in [-0.05, 0) is 61.6 Å². The molecule has 0 radical (unpaired) electrons. The van der Waals surface area contributed by atoms with Gasteiger partial charge < -0.3 is 75.0 Å². The third-order valence-electron chi connectivity index (χ3n) is 8.68. The first-order valence-electron chi connectivity index (χ1n) is 19.0. The minimum Gasteiger partial charge on any atom is -0.509 e. The second-order valence-corrected chi connectivity index (χ2v) is 14.6. The van der Waals surface area contributed by atoms with Crippen molar-refractivity contribution in [3.63, 3.8) is 0 Å². The molecular weight excluding hydrogens is 801 g/mol. The molecule has 20 nitrogen and oxygen atoms in total. The summed E-state index contributed by atoms with van der Waals surface area (Å²) >= 11 is 0. The molecule has 1 saturated heterocycles. The Morgan fingerprint density at radius 1 is 0.881 bits per heavy atom. The molecule has 1 fully saturated rings. The van der Waals surface area contributed by atoms with Crippen LogP contribution in [-0.2, 0) is 37.6 Å². The molecule has 2 aromatic carbocycles. The van der Waals surface area contributed by atoms with Gasteiger partial charge in [-0.2, -0.15) is 0 Å². The van der Waals surface area contributed by atoms with Gasteiger partial charge in [-0.15, -0.1) is 0 Å². The second kappa shape index (κ2) is 25.4. The topological polar surface area (TPSA) is 301 Å². The van der Waals surface area contributed by atoms with E-state index in [4.69, 9.17) is 38.6 Å². The number of ether oxygens (including phenoxy) is 5. The van der Waals surface area contributed by atoms with Crippen molar-refractivity contribution in [3.05, 3.63) is 65.6 Å². The summed E-state index contributed by atoms with van der Waals surface area (Å²) in [5.41, 5.74) is 2.10. The van der Waals surface area contributed by atoms with Gasteiger partial charge in [-0.3, -0.25) is 18.9 Å². The first-order chi connectivity index (χ1) is 28.1. The second-order valence-electron chi connectivity index (χ2n) is 13.4. The summed E-state index contributed by atoms with van der Waals surface area (Å²) < 4.78 is 43.2. The molecule has 0 aliphatic carbocycles. The van der Waals surface area contributed by atoms with Crippen molar-refractivity contribution in [2.75, 3.05) is 52.7 Å². The van der Waals surface area contributed by atoms with Gasteiger partial charge in [-0.1, -0.05) is 37.1 Å². The number of rotatable bonds is 26. The summed E-state index contributed by atoms with van der Waals surface area (Å²) in [5, 5.41) is 58.4. The molecule has 1 aliphatic heterocycles. The van der Waals surface area contributed by atoms with E-state index >= 15 is 0 Å². The highest BCUT2D eigenvalue weighted by molar-refractivity contribution is 7.46. The van der Waals surface area contributed by atoms with Crippen LogP contribution in [-0.4, -0.2) is 143 Å². The first-order valence-corrected chi connectivity index (χ1v) is 20.5. The Hall–Kier alpha value is -4.18. The van der Waals surface area contributed by atoms with Crippen LogP contribution in [0.15, 0.2) is 60.0 Å². The minimum atomic E-state index is -4.45. The number of benzene rings is 2. The zero-order chi connectivity index (χ0) is 43.4. The third kappa shape index (κ3) is 17.5. The SMILES string of the molecule is CC(=O)NC1C(OCCCNC(=O)COc2ccc(-c3cccc(C(=O)NCCCCCCOP(=O)(O)O)c3)cc2)OC(CO)C(OC(OCCO)/C(O)=C(/C)O)C1O. The van der Waals surface area contributed by atoms with E-state index in [1.54, 1.807) is 42.5 Å². The summed E-state index contributed by atoms with van der Waals surface area (Å²) in [6.45, 7) is 1.27. The quantitative estimate of drug-likeness (QED) is 0.0276. The number of carbonyl (C=O) groups is 3. The van der Waals surface area contributed by atoms with Crippen LogP contribution in [0.5, 0.6) is 5.75 Å². The summed E-state index contributed by atoms with van der Waals surface area (Å²) in [6, 6.07) is 12.9. The van der Waals surface area contributed by atoms with E-state index in [1.165, 1.54) is 6.92 Å². The molecule has 6 atom stereocenters. The number of phosphoric ester groups is 1. The fourth-order valence-electron chi connectivity index (χ4n) is 5.77. The van der Waals surface area contributed by atoms with Crippen LogP contribution in [0.2, 0.25) is 0 Å². The molecule has 6 unspecified atom stereocenters. The summed E-state index contributed by atoms with van der Waals surface area (Å²) in [7, 11) is -4.45. The van der Waals surface area contributed by atoms with E-state index in [1.807, 2.05) is 6.07 Å². The highest BCUT2D eigenvalue weighted by Crippen LogP contribution is 2.35. The molecule has 0 bridgehead atoms. The molecule has 0 aromatic heterocycles. The Labute approximate surface area is 341 Å². The summed E-state index contributed by atoms with van der Waals surface area (Å²) in [5.74, 6) is -2.02. The van der Waals surface area contributed by atoms with E-state index in [0.29, 0.717) is 37.1 Å². The van der Waals surface area contributed by atoms with Crippen LogP contribution >= 0.6 is 7.82 Å². The molecule has 3 rings (SSSR count). The van der Waals surface area contributed by atoms with Crippen molar-refractivity contribution < 1.29 is 82.5 Å². The van der Waals surface area contributed by atoms with Crippen molar-refractivity contribution in [1.82, 2.24) is 16.0 Å². The van der Waals surface area contributed by atoms with Gasteiger partial charge in [-0.25, -0.2) is 4.57 Å². The van der Waals surface area contributed by atoms with Crippen LogP contribution < -0.4 is 20.7 Å². The fourth-order valence-corrected chi connectivity index (χ4v) is 6.14. The molecule has 330 valence electrons. The lowest BCUT2D eigenvalue weighted by Crippen LogP contribution is -2.65. The lowest BCUT2D eigenvalue weighted by Gasteiger charge is -2.44. The molecule has 2 aromatic rings. The fraction of sp³-hybridized carbons (Fsp3) is 0.553.